The molecule has 0 unspecified atom stereocenters. The molecule has 0 atom stereocenters. The van der Waals surface area contributed by atoms with Crippen molar-refractivity contribution in [2.24, 2.45) is 0 Å². The molecule has 98 valence electrons. The van der Waals surface area contributed by atoms with Gasteiger partial charge in [0, 0.05) is 11.8 Å². The lowest BCUT2D eigenvalue weighted by Crippen LogP contribution is -2.21. The Bertz CT molecular complexity index is 496. The molecule has 3 nitrogen and oxygen atoms in total. The molecule has 0 aliphatic heterocycles. The van der Waals surface area contributed by atoms with Gasteiger partial charge in [-0.1, -0.05) is 45.2 Å². The lowest BCUT2D eigenvalue weighted by molar-refractivity contribution is 0.470. The maximum atomic E-state index is 11.6. The number of hydrogen-bond acceptors (Lipinski definition) is 2. The fraction of sp³-hybridized carbons (Fsp3) is 0.267. The zero-order valence-electron chi connectivity index (χ0n) is 11.3. The van der Waals surface area contributed by atoms with Crippen molar-refractivity contribution in [2.75, 3.05) is 0 Å². The molecule has 1 N–H and O–H groups in total. The maximum Gasteiger partial charge on any atom is 0.254 e. The second-order valence-electron chi connectivity index (χ2n) is 3.46. The van der Waals surface area contributed by atoms with Gasteiger partial charge >= 0.3 is 0 Å². The summed E-state index contributed by atoms with van der Waals surface area (Å²) in [5.41, 5.74) is 1.38. The number of aromatic hydroxyl groups is 1. The molecule has 1 aromatic heterocycles. The molecule has 0 radical (unpaired) electrons. The van der Waals surface area contributed by atoms with Crippen LogP contribution in [0.15, 0.2) is 53.9 Å². The molecule has 0 spiro atoms. The molecule has 0 saturated heterocycles. The van der Waals surface area contributed by atoms with E-state index in [1.807, 2.05) is 13.8 Å². The Morgan fingerprint density at radius 1 is 1.39 bits per heavy atom. The van der Waals surface area contributed by atoms with Crippen LogP contribution in [0.3, 0.4) is 0 Å². The van der Waals surface area contributed by atoms with Crippen molar-refractivity contribution in [2.45, 2.75) is 27.3 Å². The highest BCUT2D eigenvalue weighted by Gasteiger charge is 2.03. The molecule has 0 aliphatic carbocycles. The van der Waals surface area contributed by atoms with Crippen LogP contribution >= 0.6 is 0 Å². The van der Waals surface area contributed by atoms with E-state index in [9.17, 15) is 9.90 Å². The van der Waals surface area contributed by atoms with Gasteiger partial charge in [0.25, 0.3) is 5.56 Å². The molecule has 1 heterocycles. The minimum atomic E-state index is -0.227. The van der Waals surface area contributed by atoms with Crippen LogP contribution in [0, 0.1) is 6.92 Å². The van der Waals surface area contributed by atoms with Crippen molar-refractivity contribution in [3.63, 3.8) is 0 Å². The highest BCUT2D eigenvalue weighted by atomic mass is 16.3. The Labute approximate surface area is 108 Å². The minimum Gasteiger partial charge on any atom is -0.508 e. The van der Waals surface area contributed by atoms with E-state index >= 15 is 0 Å². The Morgan fingerprint density at radius 2 is 2.00 bits per heavy atom. The lowest BCUT2D eigenvalue weighted by atomic mass is 10.2. The summed E-state index contributed by atoms with van der Waals surface area (Å²) in [5.74, 6) is -0.00777. The zero-order valence-corrected chi connectivity index (χ0v) is 11.3. The third kappa shape index (κ3) is 4.45. The van der Waals surface area contributed by atoms with Crippen LogP contribution in [-0.2, 0) is 6.54 Å². The quantitative estimate of drug-likeness (QED) is 0.830. The highest BCUT2D eigenvalue weighted by molar-refractivity contribution is 5.25. The molecule has 0 fully saturated rings. The first-order chi connectivity index (χ1) is 8.58. The molecule has 1 aromatic rings. The summed E-state index contributed by atoms with van der Waals surface area (Å²) in [6.45, 7) is 13.5. The van der Waals surface area contributed by atoms with E-state index in [2.05, 4.69) is 13.2 Å². The van der Waals surface area contributed by atoms with Crippen molar-refractivity contribution in [3.8, 4) is 5.75 Å². The van der Waals surface area contributed by atoms with Crippen LogP contribution in [0.25, 0.3) is 0 Å². The molecule has 0 saturated carbocycles. The number of aryl methyl sites for hydroxylation is 1. The predicted octanol–water partition coefficient (Wildman–Crippen LogP) is 3.19. The molecule has 0 bridgehead atoms. The molecular formula is C15H21NO2. The Morgan fingerprint density at radius 3 is 2.44 bits per heavy atom. The zero-order chi connectivity index (χ0) is 14.1. The van der Waals surface area contributed by atoms with Crippen LogP contribution in [0.5, 0.6) is 5.75 Å². The summed E-state index contributed by atoms with van der Waals surface area (Å²) < 4.78 is 1.57. The van der Waals surface area contributed by atoms with Crippen LogP contribution in [0.1, 0.15) is 19.5 Å². The number of allylic oxidation sites excluding steroid dienone is 4. The second kappa shape index (κ2) is 8.12. The third-order valence-electron chi connectivity index (χ3n) is 2.25. The molecule has 1 rings (SSSR count). The molecule has 18 heavy (non-hydrogen) atoms. The third-order valence-corrected chi connectivity index (χ3v) is 2.25. The van der Waals surface area contributed by atoms with E-state index in [0.717, 1.165) is 5.57 Å². The molecule has 0 amide bonds. The number of pyridine rings is 1. The second-order valence-corrected chi connectivity index (χ2v) is 3.46. The first-order valence-electron chi connectivity index (χ1n) is 5.93. The van der Waals surface area contributed by atoms with Gasteiger partial charge in [0.15, 0.2) is 0 Å². The molecule has 0 aromatic carbocycles. The Balaban J connectivity index is 0.00000137. The van der Waals surface area contributed by atoms with E-state index in [1.165, 1.54) is 6.07 Å². The van der Waals surface area contributed by atoms with Gasteiger partial charge in [-0.2, -0.15) is 0 Å². The fourth-order valence-corrected chi connectivity index (χ4v) is 1.43. The lowest BCUT2D eigenvalue weighted by Gasteiger charge is -2.10. The largest absolute Gasteiger partial charge is 0.508 e. The van der Waals surface area contributed by atoms with Gasteiger partial charge in [0.05, 0.1) is 6.54 Å². The maximum absolute atomic E-state index is 11.6. The predicted molar refractivity (Wildman–Crippen MR) is 76.9 cm³/mol. The Hall–Kier alpha value is -2.03. The highest BCUT2D eigenvalue weighted by Crippen LogP contribution is 2.09. The van der Waals surface area contributed by atoms with Crippen molar-refractivity contribution in [1.82, 2.24) is 4.57 Å². The van der Waals surface area contributed by atoms with Gasteiger partial charge in [-0.05, 0) is 18.6 Å². The summed E-state index contributed by atoms with van der Waals surface area (Å²) in [5, 5.41) is 9.25. The average Bonchev–Trinajstić information content (AvgIpc) is 2.34. The van der Waals surface area contributed by atoms with Gasteiger partial charge < -0.3 is 9.67 Å². The normalized spacial score (nSPS) is 10.3. The van der Waals surface area contributed by atoms with Gasteiger partial charge in [-0.3, -0.25) is 4.79 Å². The Kier molecular flexibility index (Phi) is 7.20. The van der Waals surface area contributed by atoms with E-state index in [1.54, 1.807) is 35.8 Å². The van der Waals surface area contributed by atoms with E-state index in [-0.39, 0.29) is 11.3 Å². The molecule has 0 aliphatic rings. The van der Waals surface area contributed by atoms with Gasteiger partial charge in [-0.25, -0.2) is 0 Å². The molecule has 3 heteroatoms. The fourth-order valence-electron chi connectivity index (χ4n) is 1.43. The number of rotatable bonds is 4. The van der Waals surface area contributed by atoms with E-state index in [0.29, 0.717) is 12.2 Å². The monoisotopic (exact) mass is 247 g/mol. The first kappa shape index (κ1) is 16.0. The SMILES string of the molecule is C=C/C=C(\C=C)Cn1c(C)cc(O)cc1=O.CC. The van der Waals surface area contributed by atoms with Crippen molar-refractivity contribution < 1.29 is 5.11 Å². The van der Waals surface area contributed by atoms with Crippen molar-refractivity contribution >= 4 is 0 Å². The summed E-state index contributed by atoms with van der Waals surface area (Å²) in [7, 11) is 0. The van der Waals surface area contributed by atoms with Crippen molar-refractivity contribution in [3.05, 3.63) is 65.1 Å². The number of nitrogens with zero attached hydrogens (tertiary/aromatic N) is 1. The number of aromatic nitrogens is 1. The van der Waals surface area contributed by atoms with Crippen molar-refractivity contribution in [1.29, 1.82) is 0 Å². The summed E-state index contributed by atoms with van der Waals surface area (Å²) >= 11 is 0. The number of hydrogen-bond donors (Lipinski definition) is 1. The van der Waals surface area contributed by atoms with E-state index in [4.69, 9.17) is 0 Å². The van der Waals surface area contributed by atoms with Gasteiger partial charge in [0.2, 0.25) is 0 Å². The summed E-state index contributed by atoms with van der Waals surface area (Å²) in [4.78, 5) is 11.6. The van der Waals surface area contributed by atoms with Gasteiger partial charge in [-0.15, -0.1) is 0 Å². The average molecular weight is 247 g/mol. The minimum absolute atomic E-state index is 0.00777. The van der Waals surface area contributed by atoms with E-state index < -0.39 is 0 Å². The summed E-state index contributed by atoms with van der Waals surface area (Å²) in [6.07, 6.45) is 5.13. The smallest absolute Gasteiger partial charge is 0.254 e. The van der Waals surface area contributed by atoms with Crippen LogP contribution in [0.4, 0.5) is 0 Å². The van der Waals surface area contributed by atoms with Crippen LogP contribution in [0.2, 0.25) is 0 Å². The van der Waals surface area contributed by atoms with Crippen LogP contribution in [-0.4, -0.2) is 9.67 Å². The standard InChI is InChI=1S/C13H15NO2.C2H6/c1-4-6-11(5-2)9-14-10(3)7-12(15)8-13(14)16;1-2/h4-8,15H,1-2,9H2,3H3;1-2H3/b11-6+;. The topological polar surface area (TPSA) is 42.2 Å². The van der Waals surface area contributed by atoms with Crippen LogP contribution < -0.4 is 5.56 Å². The van der Waals surface area contributed by atoms with Gasteiger partial charge in [0.1, 0.15) is 5.75 Å². The first-order valence-corrected chi connectivity index (χ1v) is 5.93. The molecular weight excluding hydrogens is 226 g/mol. The summed E-state index contributed by atoms with van der Waals surface area (Å²) in [6, 6.07) is 2.75.